The highest BCUT2D eigenvalue weighted by molar-refractivity contribution is 8.00. The summed E-state index contributed by atoms with van der Waals surface area (Å²) >= 11 is 7.18. The molecule has 0 aliphatic rings. The Morgan fingerprint density at radius 1 is 1.05 bits per heavy atom. The summed E-state index contributed by atoms with van der Waals surface area (Å²) in [6.07, 6.45) is 1.94. The molecule has 0 fully saturated rings. The smallest absolute Gasteiger partial charge is 0.264 e. The molecule has 0 radical (unpaired) electrons. The first kappa shape index (κ1) is 28.0. The molecule has 198 valence electrons. The van der Waals surface area contributed by atoms with Crippen molar-refractivity contribution >= 4 is 50.9 Å². The maximum Gasteiger partial charge on any atom is 0.264 e. The van der Waals surface area contributed by atoms with Crippen molar-refractivity contribution in [2.75, 3.05) is 10.0 Å². The van der Waals surface area contributed by atoms with E-state index < -0.39 is 15.3 Å². The molecule has 0 aliphatic carbocycles. The number of anilines is 2. The molecule has 39 heavy (non-hydrogen) atoms. The summed E-state index contributed by atoms with van der Waals surface area (Å²) in [5, 5.41) is 12.9. The van der Waals surface area contributed by atoms with Crippen LogP contribution >= 0.6 is 23.4 Å². The van der Waals surface area contributed by atoms with Crippen molar-refractivity contribution in [1.82, 2.24) is 15.0 Å². The van der Waals surface area contributed by atoms with Crippen LogP contribution in [0.4, 0.5) is 11.6 Å². The molecule has 2 aromatic carbocycles. The van der Waals surface area contributed by atoms with Gasteiger partial charge in [-0.25, -0.2) is 28.1 Å². The second-order valence-corrected chi connectivity index (χ2v) is 11.6. The van der Waals surface area contributed by atoms with Crippen LogP contribution in [0, 0.1) is 18.3 Å². The number of carbonyl (C=O) groups excluding carboxylic acids is 1. The van der Waals surface area contributed by atoms with Gasteiger partial charge in [0, 0.05) is 28.2 Å². The van der Waals surface area contributed by atoms with Crippen molar-refractivity contribution in [2.45, 2.75) is 35.4 Å². The number of nitriles is 1. The number of hydrogen-bond donors (Lipinski definition) is 2. The normalized spacial score (nSPS) is 11.8. The van der Waals surface area contributed by atoms with Crippen LogP contribution in [0.5, 0.6) is 0 Å². The van der Waals surface area contributed by atoms with Crippen molar-refractivity contribution in [3.8, 4) is 17.3 Å². The predicted octanol–water partition coefficient (Wildman–Crippen LogP) is 5.68. The number of benzene rings is 2. The van der Waals surface area contributed by atoms with Crippen LogP contribution in [0.2, 0.25) is 5.02 Å². The third kappa shape index (κ3) is 7.11. The first-order valence-corrected chi connectivity index (χ1v) is 14.5. The van der Waals surface area contributed by atoms with E-state index in [0.29, 0.717) is 39.1 Å². The number of aryl methyl sites for hydroxylation is 1. The van der Waals surface area contributed by atoms with E-state index in [1.807, 2.05) is 19.1 Å². The molecular weight excluding hydrogens is 556 g/mol. The number of pyridine rings is 1. The lowest BCUT2D eigenvalue weighted by atomic mass is 10.1. The topological polar surface area (TPSA) is 138 Å². The summed E-state index contributed by atoms with van der Waals surface area (Å²) in [5.41, 5.74) is 2.90. The Labute approximate surface area is 235 Å². The molecule has 9 nitrogen and oxygen atoms in total. The second kappa shape index (κ2) is 12.3. The van der Waals surface area contributed by atoms with Gasteiger partial charge in [0.2, 0.25) is 11.9 Å². The lowest BCUT2D eigenvalue weighted by Crippen LogP contribution is -2.25. The molecule has 1 atom stereocenters. The van der Waals surface area contributed by atoms with Crippen LogP contribution in [-0.4, -0.2) is 34.5 Å². The molecule has 12 heteroatoms. The van der Waals surface area contributed by atoms with Crippen LogP contribution in [-0.2, 0) is 14.8 Å². The molecule has 0 bridgehead atoms. The van der Waals surface area contributed by atoms with Crippen molar-refractivity contribution in [3.63, 3.8) is 0 Å². The minimum Gasteiger partial charge on any atom is -0.325 e. The van der Waals surface area contributed by atoms with Gasteiger partial charge in [0.1, 0.15) is 11.1 Å². The molecule has 0 aliphatic heterocycles. The highest BCUT2D eigenvalue weighted by Crippen LogP contribution is 2.31. The highest BCUT2D eigenvalue weighted by atomic mass is 35.5. The van der Waals surface area contributed by atoms with Gasteiger partial charge in [0.05, 0.1) is 21.4 Å². The van der Waals surface area contributed by atoms with Crippen molar-refractivity contribution in [2.24, 2.45) is 0 Å². The van der Waals surface area contributed by atoms with Crippen LogP contribution in [0.1, 0.15) is 24.6 Å². The third-order valence-electron chi connectivity index (χ3n) is 5.49. The summed E-state index contributed by atoms with van der Waals surface area (Å²) in [6.45, 7) is 3.59. The number of hydrogen-bond acceptors (Lipinski definition) is 8. The Bertz CT molecular complexity index is 1640. The predicted molar refractivity (Wildman–Crippen MR) is 152 cm³/mol. The standard InChI is InChI=1S/C27H23ClN6O3S2/c1-3-24(38-26-19(16-29)6-13-23(33-26)18-4-7-20(28)8-5-18)25(35)32-21-9-11-22(12-10-21)39(36,37)34-27-30-15-14-17(2)31-27/h4-15,24H,3H2,1-2H3,(H,32,35)(H,30,31,34). The summed E-state index contributed by atoms with van der Waals surface area (Å²) < 4.78 is 27.7. The van der Waals surface area contributed by atoms with Gasteiger partial charge in [-0.3, -0.25) is 4.79 Å². The lowest BCUT2D eigenvalue weighted by Gasteiger charge is -2.16. The van der Waals surface area contributed by atoms with Gasteiger partial charge in [0.15, 0.2) is 0 Å². The largest absolute Gasteiger partial charge is 0.325 e. The molecular formula is C27H23ClN6O3S2. The maximum absolute atomic E-state index is 13.1. The van der Waals surface area contributed by atoms with Crippen molar-refractivity contribution < 1.29 is 13.2 Å². The van der Waals surface area contributed by atoms with Gasteiger partial charge < -0.3 is 5.32 Å². The number of thioether (sulfide) groups is 1. The van der Waals surface area contributed by atoms with Crippen molar-refractivity contribution in [3.05, 3.63) is 89.2 Å². The summed E-state index contributed by atoms with van der Waals surface area (Å²) in [5.74, 6) is -0.326. The zero-order chi connectivity index (χ0) is 28.0. The third-order valence-corrected chi connectivity index (χ3v) is 8.45. The quantitative estimate of drug-likeness (QED) is 0.242. The summed E-state index contributed by atoms with van der Waals surface area (Å²) in [7, 11) is -3.91. The first-order valence-electron chi connectivity index (χ1n) is 11.8. The Morgan fingerprint density at radius 2 is 1.77 bits per heavy atom. The van der Waals surface area contributed by atoms with Gasteiger partial charge in [-0.15, -0.1) is 0 Å². The van der Waals surface area contributed by atoms with Gasteiger partial charge >= 0.3 is 0 Å². The van der Waals surface area contributed by atoms with E-state index >= 15 is 0 Å². The minimum absolute atomic E-state index is 0.00565. The van der Waals surface area contributed by atoms with E-state index in [1.54, 1.807) is 37.3 Å². The van der Waals surface area contributed by atoms with E-state index in [1.165, 1.54) is 42.2 Å². The van der Waals surface area contributed by atoms with Crippen LogP contribution in [0.25, 0.3) is 11.3 Å². The number of sulfonamides is 1. The molecule has 0 saturated carbocycles. The molecule has 0 spiro atoms. The minimum atomic E-state index is -3.91. The average molecular weight is 579 g/mol. The molecule has 4 rings (SSSR count). The molecule has 4 aromatic rings. The average Bonchev–Trinajstić information content (AvgIpc) is 2.92. The number of nitrogens with zero attached hydrogens (tertiary/aromatic N) is 4. The van der Waals surface area contributed by atoms with Gasteiger partial charge in [-0.05, 0) is 67.9 Å². The van der Waals surface area contributed by atoms with E-state index in [-0.39, 0.29) is 16.8 Å². The van der Waals surface area contributed by atoms with Crippen molar-refractivity contribution in [1.29, 1.82) is 5.26 Å². The van der Waals surface area contributed by atoms with Gasteiger partial charge in [0.25, 0.3) is 10.0 Å². The Kier molecular flexibility index (Phi) is 8.81. The fourth-order valence-corrected chi connectivity index (χ4v) is 5.54. The molecule has 2 N–H and O–H groups in total. The zero-order valence-corrected chi connectivity index (χ0v) is 23.3. The fraction of sp³-hybridized carbons (Fsp3) is 0.148. The fourth-order valence-electron chi connectivity index (χ4n) is 3.47. The number of carbonyl (C=O) groups is 1. The molecule has 1 amide bonds. The lowest BCUT2D eigenvalue weighted by molar-refractivity contribution is -0.115. The number of aromatic nitrogens is 3. The molecule has 0 saturated heterocycles. The Hall–Kier alpha value is -3.98. The monoisotopic (exact) mass is 578 g/mol. The maximum atomic E-state index is 13.1. The first-order chi connectivity index (χ1) is 18.7. The number of nitrogens with one attached hydrogen (secondary N) is 2. The Morgan fingerprint density at radius 3 is 2.41 bits per heavy atom. The molecule has 1 unspecified atom stereocenters. The second-order valence-electron chi connectivity index (χ2n) is 8.32. The molecule has 2 aromatic heterocycles. The van der Waals surface area contributed by atoms with E-state index in [9.17, 15) is 18.5 Å². The van der Waals surface area contributed by atoms with E-state index in [0.717, 1.165) is 5.56 Å². The van der Waals surface area contributed by atoms with Gasteiger partial charge in [-0.2, -0.15) is 5.26 Å². The highest BCUT2D eigenvalue weighted by Gasteiger charge is 2.22. The number of halogens is 1. The molecule has 2 heterocycles. The van der Waals surface area contributed by atoms with Gasteiger partial charge in [-0.1, -0.05) is 42.4 Å². The van der Waals surface area contributed by atoms with E-state index in [4.69, 9.17) is 11.6 Å². The summed E-state index contributed by atoms with van der Waals surface area (Å²) in [6, 6.07) is 20.2. The SMILES string of the molecule is CCC(Sc1nc(-c2ccc(Cl)cc2)ccc1C#N)C(=O)Nc1ccc(S(=O)(=O)Nc2nccc(C)n2)cc1. The Balaban J connectivity index is 1.47. The summed E-state index contributed by atoms with van der Waals surface area (Å²) in [4.78, 5) is 25.7. The number of amides is 1. The van der Waals surface area contributed by atoms with E-state index in [2.05, 4.69) is 31.1 Å². The van der Waals surface area contributed by atoms with Crippen LogP contribution in [0.15, 0.2) is 82.8 Å². The van der Waals surface area contributed by atoms with Crippen LogP contribution in [0.3, 0.4) is 0 Å². The number of rotatable bonds is 9. The van der Waals surface area contributed by atoms with Crippen LogP contribution < -0.4 is 10.0 Å². The zero-order valence-electron chi connectivity index (χ0n) is 20.9.